The number of nitrogens with one attached hydrogen (secondary N) is 1. The lowest BCUT2D eigenvalue weighted by molar-refractivity contribution is 0.241. The van der Waals surface area contributed by atoms with Crippen LogP contribution in [0.25, 0.3) is 22.0 Å². The Morgan fingerprint density at radius 1 is 1.13 bits per heavy atom. The van der Waals surface area contributed by atoms with Crippen molar-refractivity contribution in [2.75, 3.05) is 6.54 Å². The highest BCUT2D eigenvalue weighted by Gasteiger charge is 2.22. The van der Waals surface area contributed by atoms with Crippen molar-refractivity contribution < 1.29 is 0 Å². The van der Waals surface area contributed by atoms with Crippen LogP contribution in [0.5, 0.6) is 0 Å². The van der Waals surface area contributed by atoms with Crippen LogP contribution in [-0.4, -0.2) is 26.4 Å². The number of aromatic nitrogens is 3. The summed E-state index contributed by atoms with van der Waals surface area (Å²) in [6, 6.07) is 14.5. The first-order chi connectivity index (χ1) is 15.1. The van der Waals surface area contributed by atoms with Gasteiger partial charge in [0.15, 0.2) is 5.82 Å². The van der Waals surface area contributed by atoms with Gasteiger partial charge in [-0.15, -0.1) is 11.3 Å². The predicted octanol–water partition coefficient (Wildman–Crippen LogP) is 4.74. The Morgan fingerprint density at radius 3 is 2.81 bits per heavy atom. The average molecular weight is 429 g/mol. The van der Waals surface area contributed by atoms with Gasteiger partial charge in [0, 0.05) is 37.8 Å². The smallest absolute Gasteiger partial charge is 0.255 e. The maximum atomic E-state index is 12.7. The van der Waals surface area contributed by atoms with E-state index in [0.717, 1.165) is 46.9 Å². The lowest BCUT2D eigenvalue weighted by Crippen LogP contribution is -2.35. The quantitative estimate of drug-likeness (QED) is 0.510. The van der Waals surface area contributed by atoms with Crippen LogP contribution in [0, 0.1) is 13.8 Å². The Morgan fingerprint density at radius 2 is 2.03 bits per heavy atom. The molecule has 0 spiro atoms. The molecule has 0 aliphatic carbocycles. The van der Waals surface area contributed by atoms with Crippen molar-refractivity contribution in [1.82, 2.24) is 19.9 Å². The number of thiophene rings is 1. The second kappa shape index (κ2) is 8.21. The van der Waals surface area contributed by atoms with Crippen LogP contribution in [-0.2, 0) is 19.5 Å². The van der Waals surface area contributed by atoms with E-state index in [-0.39, 0.29) is 5.56 Å². The fraction of sp³-hybridized carbons (Fsp3) is 0.240. The Bertz CT molecular complexity index is 1280. The molecule has 6 heteroatoms. The Labute approximate surface area is 185 Å². The van der Waals surface area contributed by atoms with Gasteiger partial charge in [0.25, 0.3) is 5.56 Å². The van der Waals surface area contributed by atoms with Gasteiger partial charge in [0.2, 0.25) is 0 Å². The average Bonchev–Trinajstić information content (AvgIpc) is 3.32. The van der Waals surface area contributed by atoms with Gasteiger partial charge in [-0.25, -0.2) is 4.98 Å². The van der Waals surface area contributed by atoms with Gasteiger partial charge in [-0.3, -0.25) is 14.7 Å². The Hall–Kier alpha value is -3.09. The number of aromatic amines is 1. The fourth-order valence-electron chi connectivity index (χ4n) is 4.11. The van der Waals surface area contributed by atoms with Crippen LogP contribution in [0.1, 0.15) is 27.9 Å². The van der Waals surface area contributed by atoms with Gasteiger partial charge >= 0.3 is 0 Å². The number of pyridine rings is 1. The van der Waals surface area contributed by atoms with Crippen molar-refractivity contribution in [2.24, 2.45) is 0 Å². The molecular weight excluding hydrogens is 404 g/mol. The van der Waals surface area contributed by atoms with Crippen molar-refractivity contribution in [1.29, 1.82) is 0 Å². The number of rotatable bonds is 4. The normalized spacial score (nSPS) is 13.9. The highest BCUT2D eigenvalue weighted by molar-refractivity contribution is 7.13. The molecule has 0 amide bonds. The molecule has 0 bridgehead atoms. The number of benzene rings is 1. The minimum Gasteiger partial charge on any atom is -0.306 e. The van der Waals surface area contributed by atoms with E-state index in [0.29, 0.717) is 12.4 Å². The molecule has 3 aromatic heterocycles. The molecule has 0 fully saturated rings. The number of hydrogen-bond donors (Lipinski definition) is 1. The minimum atomic E-state index is -0.0264. The largest absolute Gasteiger partial charge is 0.306 e. The van der Waals surface area contributed by atoms with Gasteiger partial charge in [0.1, 0.15) is 0 Å². The molecule has 1 aromatic carbocycles. The van der Waals surface area contributed by atoms with Crippen molar-refractivity contribution in [2.45, 2.75) is 33.4 Å². The van der Waals surface area contributed by atoms with Crippen LogP contribution >= 0.6 is 11.3 Å². The summed E-state index contributed by atoms with van der Waals surface area (Å²) in [5.41, 5.74) is 7.55. The summed E-state index contributed by atoms with van der Waals surface area (Å²) >= 11 is 1.59. The molecule has 1 N–H and O–H groups in total. The third-order valence-electron chi connectivity index (χ3n) is 6.01. The molecule has 1 aliphatic heterocycles. The lowest BCUT2D eigenvalue weighted by Gasteiger charge is -2.27. The summed E-state index contributed by atoms with van der Waals surface area (Å²) in [6.45, 7) is 6.53. The summed E-state index contributed by atoms with van der Waals surface area (Å²) < 4.78 is 0. The van der Waals surface area contributed by atoms with Gasteiger partial charge < -0.3 is 4.98 Å². The second-order valence-corrected chi connectivity index (χ2v) is 9.02. The fourth-order valence-corrected chi connectivity index (χ4v) is 4.78. The number of nitrogens with zero attached hydrogens (tertiary/aromatic N) is 3. The molecule has 0 radical (unpaired) electrons. The molecule has 0 atom stereocenters. The zero-order valence-electron chi connectivity index (χ0n) is 17.7. The predicted molar refractivity (Wildman–Crippen MR) is 125 cm³/mol. The number of H-pyrrole nitrogens is 1. The monoisotopic (exact) mass is 428 g/mol. The molecule has 0 unspecified atom stereocenters. The van der Waals surface area contributed by atoms with E-state index >= 15 is 0 Å². The van der Waals surface area contributed by atoms with Gasteiger partial charge in [-0.2, -0.15) is 0 Å². The summed E-state index contributed by atoms with van der Waals surface area (Å²) in [6.07, 6.45) is 2.74. The maximum Gasteiger partial charge on any atom is 0.255 e. The molecule has 4 aromatic rings. The van der Waals surface area contributed by atoms with Crippen LogP contribution < -0.4 is 5.56 Å². The van der Waals surface area contributed by atoms with Crippen LogP contribution in [0.15, 0.2) is 58.8 Å². The van der Waals surface area contributed by atoms with Crippen molar-refractivity contribution in [3.63, 3.8) is 0 Å². The molecule has 5 nitrogen and oxygen atoms in total. The van der Waals surface area contributed by atoms with Gasteiger partial charge in [0.05, 0.1) is 21.8 Å². The zero-order valence-corrected chi connectivity index (χ0v) is 18.5. The molecule has 0 saturated heterocycles. The van der Waals surface area contributed by atoms with Crippen LogP contribution in [0.4, 0.5) is 0 Å². The molecule has 0 saturated carbocycles. The maximum absolute atomic E-state index is 12.7. The van der Waals surface area contributed by atoms with E-state index < -0.39 is 0 Å². The summed E-state index contributed by atoms with van der Waals surface area (Å²) in [5, 5.41) is 2.00. The molecule has 5 rings (SSSR count). The van der Waals surface area contributed by atoms with Crippen molar-refractivity contribution in [3.8, 4) is 22.0 Å². The molecule has 1 aliphatic rings. The summed E-state index contributed by atoms with van der Waals surface area (Å²) in [4.78, 5) is 28.4. The van der Waals surface area contributed by atoms with E-state index in [9.17, 15) is 4.79 Å². The van der Waals surface area contributed by atoms with Crippen LogP contribution in [0.2, 0.25) is 0 Å². The highest BCUT2D eigenvalue weighted by Crippen LogP contribution is 2.25. The lowest BCUT2D eigenvalue weighted by atomic mass is 10.0. The molecule has 31 heavy (non-hydrogen) atoms. The van der Waals surface area contributed by atoms with Crippen molar-refractivity contribution in [3.05, 3.63) is 92.3 Å². The van der Waals surface area contributed by atoms with Gasteiger partial charge in [-0.1, -0.05) is 30.3 Å². The molecule has 4 heterocycles. The zero-order chi connectivity index (χ0) is 21.4. The van der Waals surface area contributed by atoms with Crippen LogP contribution in [0.3, 0.4) is 0 Å². The highest BCUT2D eigenvalue weighted by atomic mass is 32.1. The van der Waals surface area contributed by atoms with E-state index in [4.69, 9.17) is 9.97 Å². The van der Waals surface area contributed by atoms with E-state index in [1.807, 2.05) is 23.7 Å². The Balaban J connectivity index is 1.32. The first kappa shape index (κ1) is 19.8. The third-order valence-corrected chi connectivity index (χ3v) is 6.89. The minimum absolute atomic E-state index is 0.0264. The number of hydrogen-bond acceptors (Lipinski definition) is 5. The SMILES string of the molecule is Cc1cccc(-c2ccc(CN3CCc4nc(-c5cccs5)[nH]c(=O)c4C3)cn2)c1C. The Kier molecular flexibility index (Phi) is 5.26. The molecule has 156 valence electrons. The number of aryl methyl sites for hydroxylation is 1. The van der Waals surface area contributed by atoms with Gasteiger partial charge in [-0.05, 0) is 48.1 Å². The summed E-state index contributed by atoms with van der Waals surface area (Å²) in [5.74, 6) is 0.679. The summed E-state index contributed by atoms with van der Waals surface area (Å²) in [7, 11) is 0. The topological polar surface area (TPSA) is 61.9 Å². The third kappa shape index (κ3) is 3.96. The van der Waals surface area contributed by atoms with E-state index in [2.05, 4.69) is 54.1 Å². The molecular formula is C25H24N4OS. The second-order valence-electron chi connectivity index (χ2n) is 8.08. The standard InChI is InChI=1S/C25H24N4OS/c1-16-5-3-6-19(17(16)2)21-9-8-18(13-26-21)14-29-11-10-22-20(15-29)25(30)28-24(27-22)23-7-4-12-31-23/h3-9,12-13H,10-11,14-15H2,1-2H3,(H,27,28,30). The first-order valence-corrected chi connectivity index (χ1v) is 11.4. The van der Waals surface area contributed by atoms with E-state index in [1.54, 1.807) is 11.3 Å². The first-order valence-electron chi connectivity index (χ1n) is 10.5. The van der Waals surface area contributed by atoms with E-state index in [1.165, 1.54) is 16.7 Å². The number of fused-ring (bicyclic) bond motifs is 1. The van der Waals surface area contributed by atoms with Crippen molar-refractivity contribution >= 4 is 11.3 Å².